The van der Waals surface area contributed by atoms with Crippen molar-refractivity contribution in [1.82, 2.24) is 0 Å². The Labute approximate surface area is 166 Å². The zero-order chi connectivity index (χ0) is 19.3. The lowest BCUT2D eigenvalue weighted by atomic mass is 10.3. The Hall–Kier alpha value is -2.00. The fraction of sp³-hybridized carbons (Fsp3) is 0.133. The smallest absolute Gasteiger partial charge is 0.344 e. The highest BCUT2D eigenvalue weighted by Crippen LogP contribution is 2.33. The van der Waals surface area contributed by atoms with Crippen LogP contribution < -0.4 is 15.8 Å². The second-order valence-corrected chi connectivity index (χ2v) is 6.86. The van der Waals surface area contributed by atoms with Crippen LogP contribution in [0.1, 0.15) is 10.4 Å². The topological polar surface area (TPSA) is 108 Å². The van der Waals surface area contributed by atoms with Crippen molar-refractivity contribution in [3.8, 4) is 5.75 Å². The number of thiophene rings is 1. The molecule has 11 heteroatoms. The molecule has 0 spiro atoms. The van der Waals surface area contributed by atoms with Crippen LogP contribution in [0.15, 0.2) is 23.6 Å². The molecule has 26 heavy (non-hydrogen) atoms. The molecule has 7 nitrogen and oxygen atoms in total. The fourth-order valence-electron chi connectivity index (χ4n) is 1.70. The van der Waals surface area contributed by atoms with Gasteiger partial charge in [-0.2, -0.15) is 0 Å². The molecular formula is C15H11Cl3N2O5S. The lowest BCUT2D eigenvalue weighted by Gasteiger charge is -2.09. The van der Waals surface area contributed by atoms with Crippen LogP contribution in [0, 0.1) is 0 Å². The third-order valence-corrected chi connectivity index (χ3v) is 4.72. The minimum Gasteiger partial charge on any atom is -0.480 e. The molecule has 0 saturated heterocycles. The standard InChI is InChI=1S/C15H11Cl3N2O5S/c16-8-3-10(18)11(4-9(8)17)24-6-13(22)25-5-12(21)20-15-7(14(19)23)1-2-26-15/h1-4H,5-6H2,(H2,19,23)(H,20,21). The third kappa shape index (κ3) is 5.50. The van der Waals surface area contributed by atoms with Crippen LogP contribution in [0.5, 0.6) is 5.75 Å². The Bertz CT molecular complexity index is 856. The summed E-state index contributed by atoms with van der Waals surface area (Å²) in [4.78, 5) is 34.6. The van der Waals surface area contributed by atoms with Crippen molar-refractivity contribution in [2.24, 2.45) is 5.73 Å². The highest BCUT2D eigenvalue weighted by molar-refractivity contribution is 7.14. The van der Waals surface area contributed by atoms with Gasteiger partial charge >= 0.3 is 5.97 Å². The first-order chi connectivity index (χ1) is 12.3. The Balaban J connectivity index is 1.81. The number of ether oxygens (including phenoxy) is 2. The number of hydrogen-bond donors (Lipinski definition) is 2. The van der Waals surface area contributed by atoms with E-state index in [2.05, 4.69) is 5.32 Å². The summed E-state index contributed by atoms with van der Waals surface area (Å²) in [5.41, 5.74) is 5.34. The number of rotatable bonds is 7. The summed E-state index contributed by atoms with van der Waals surface area (Å²) < 4.78 is 9.96. The number of esters is 1. The molecule has 2 amide bonds. The van der Waals surface area contributed by atoms with E-state index in [1.54, 1.807) is 5.38 Å². The zero-order valence-electron chi connectivity index (χ0n) is 12.9. The molecule has 138 valence electrons. The molecule has 2 rings (SSSR count). The molecule has 1 aromatic carbocycles. The van der Waals surface area contributed by atoms with Gasteiger partial charge in [0.2, 0.25) is 0 Å². The van der Waals surface area contributed by atoms with Crippen molar-refractivity contribution in [2.75, 3.05) is 18.5 Å². The number of hydrogen-bond acceptors (Lipinski definition) is 6. The number of nitrogens with one attached hydrogen (secondary N) is 1. The predicted octanol–water partition coefficient (Wildman–Crippen LogP) is 3.37. The Kier molecular flexibility index (Phi) is 7.10. The van der Waals surface area contributed by atoms with E-state index >= 15 is 0 Å². The Morgan fingerprint density at radius 1 is 1.08 bits per heavy atom. The summed E-state index contributed by atoms with van der Waals surface area (Å²) in [6, 6.07) is 4.20. The summed E-state index contributed by atoms with van der Waals surface area (Å²) in [5.74, 6) is -1.96. The molecule has 0 aliphatic heterocycles. The summed E-state index contributed by atoms with van der Waals surface area (Å²) >= 11 is 18.6. The number of primary amides is 1. The normalized spacial score (nSPS) is 10.3. The predicted molar refractivity (Wildman–Crippen MR) is 99.4 cm³/mol. The van der Waals surface area contributed by atoms with Gasteiger partial charge in [-0.25, -0.2) is 4.79 Å². The Morgan fingerprint density at radius 3 is 2.46 bits per heavy atom. The van der Waals surface area contributed by atoms with Crippen molar-refractivity contribution >= 4 is 68.9 Å². The number of carbonyl (C=O) groups is 3. The van der Waals surface area contributed by atoms with Gasteiger partial charge in [-0.05, 0) is 17.5 Å². The zero-order valence-corrected chi connectivity index (χ0v) is 16.0. The largest absolute Gasteiger partial charge is 0.480 e. The molecule has 0 fully saturated rings. The molecule has 0 unspecified atom stereocenters. The molecule has 1 heterocycles. The van der Waals surface area contributed by atoms with Gasteiger partial charge in [0, 0.05) is 6.07 Å². The molecule has 0 bridgehead atoms. The second-order valence-electron chi connectivity index (χ2n) is 4.72. The van der Waals surface area contributed by atoms with Gasteiger partial charge in [-0.3, -0.25) is 9.59 Å². The molecule has 2 aromatic rings. The number of amides is 2. The maximum absolute atomic E-state index is 11.8. The molecule has 0 aliphatic rings. The third-order valence-electron chi connectivity index (χ3n) is 2.87. The quantitative estimate of drug-likeness (QED) is 0.510. The van der Waals surface area contributed by atoms with Crippen LogP contribution in [0.25, 0.3) is 0 Å². The van der Waals surface area contributed by atoms with Crippen LogP contribution >= 0.6 is 46.1 Å². The van der Waals surface area contributed by atoms with Gasteiger partial charge in [0.05, 0.1) is 20.6 Å². The minimum absolute atomic E-state index is 0.146. The highest BCUT2D eigenvalue weighted by atomic mass is 35.5. The van der Waals surface area contributed by atoms with Crippen molar-refractivity contribution in [2.45, 2.75) is 0 Å². The highest BCUT2D eigenvalue weighted by Gasteiger charge is 2.15. The van der Waals surface area contributed by atoms with Crippen LogP contribution in [0.3, 0.4) is 0 Å². The van der Waals surface area contributed by atoms with Crippen LogP contribution in [0.4, 0.5) is 5.00 Å². The number of benzene rings is 1. The van der Waals surface area contributed by atoms with Gasteiger partial charge in [-0.15, -0.1) is 11.3 Å². The lowest BCUT2D eigenvalue weighted by Crippen LogP contribution is -2.24. The van der Waals surface area contributed by atoms with E-state index in [1.165, 1.54) is 18.2 Å². The lowest BCUT2D eigenvalue weighted by molar-refractivity contribution is -0.149. The van der Waals surface area contributed by atoms with Gasteiger partial charge < -0.3 is 20.5 Å². The first kappa shape index (κ1) is 20.3. The van der Waals surface area contributed by atoms with E-state index in [1.807, 2.05) is 0 Å². The molecule has 1 aromatic heterocycles. The van der Waals surface area contributed by atoms with E-state index < -0.39 is 31.0 Å². The molecule has 3 N–H and O–H groups in total. The summed E-state index contributed by atoms with van der Waals surface area (Å²) in [6.07, 6.45) is 0. The van der Waals surface area contributed by atoms with Gasteiger partial charge in [0.15, 0.2) is 13.2 Å². The summed E-state index contributed by atoms with van der Waals surface area (Å²) in [7, 11) is 0. The number of anilines is 1. The van der Waals surface area contributed by atoms with Gasteiger partial charge in [-0.1, -0.05) is 34.8 Å². The van der Waals surface area contributed by atoms with Crippen LogP contribution in [0.2, 0.25) is 15.1 Å². The molecule has 0 radical (unpaired) electrons. The van der Waals surface area contributed by atoms with Crippen molar-refractivity contribution in [3.05, 3.63) is 44.2 Å². The first-order valence-electron chi connectivity index (χ1n) is 6.88. The van der Waals surface area contributed by atoms with E-state index in [9.17, 15) is 14.4 Å². The van der Waals surface area contributed by atoms with Gasteiger partial charge in [0.1, 0.15) is 10.8 Å². The second kappa shape index (κ2) is 9.09. The number of carbonyl (C=O) groups excluding carboxylic acids is 3. The number of nitrogens with two attached hydrogens (primary N) is 1. The maximum Gasteiger partial charge on any atom is 0.344 e. The monoisotopic (exact) mass is 436 g/mol. The summed E-state index contributed by atoms with van der Waals surface area (Å²) in [6.45, 7) is -1.05. The summed E-state index contributed by atoms with van der Waals surface area (Å²) in [5, 5.41) is 4.92. The van der Waals surface area contributed by atoms with E-state index in [4.69, 9.17) is 50.0 Å². The first-order valence-corrected chi connectivity index (χ1v) is 8.89. The van der Waals surface area contributed by atoms with Gasteiger partial charge in [0.25, 0.3) is 11.8 Å². The molecule has 0 aliphatic carbocycles. The van der Waals surface area contributed by atoms with Crippen LogP contribution in [-0.4, -0.2) is 31.0 Å². The van der Waals surface area contributed by atoms with E-state index in [0.29, 0.717) is 0 Å². The van der Waals surface area contributed by atoms with Crippen molar-refractivity contribution < 1.29 is 23.9 Å². The maximum atomic E-state index is 11.8. The minimum atomic E-state index is -0.802. The Morgan fingerprint density at radius 2 is 1.77 bits per heavy atom. The molecule has 0 atom stereocenters. The molecular weight excluding hydrogens is 427 g/mol. The average molecular weight is 438 g/mol. The average Bonchev–Trinajstić information content (AvgIpc) is 3.03. The van der Waals surface area contributed by atoms with Crippen LogP contribution in [-0.2, 0) is 14.3 Å². The van der Waals surface area contributed by atoms with E-state index in [-0.39, 0.29) is 31.4 Å². The fourth-order valence-corrected chi connectivity index (χ4v) is 3.10. The van der Waals surface area contributed by atoms with Crippen molar-refractivity contribution in [1.29, 1.82) is 0 Å². The molecule has 0 saturated carbocycles. The van der Waals surface area contributed by atoms with Crippen molar-refractivity contribution in [3.63, 3.8) is 0 Å². The number of halogens is 3. The SMILES string of the molecule is NC(=O)c1ccsc1NC(=O)COC(=O)COc1cc(Cl)c(Cl)cc1Cl. The van der Waals surface area contributed by atoms with E-state index in [0.717, 1.165) is 11.3 Å².